The number of anilines is 1. The molecule has 3 rings (SSSR count). The summed E-state index contributed by atoms with van der Waals surface area (Å²) in [5.74, 6) is -0.401. The Morgan fingerprint density at radius 3 is 2.57 bits per heavy atom. The number of piperidine rings is 1. The van der Waals surface area contributed by atoms with E-state index in [9.17, 15) is 9.18 Å². The minimum absolute atomic E-state index is 0.0665. The van der Waals surface area contributed by atoms with Crippen molar-refractivity contribution < 1.29 is 13.9 Å². The number of benzene rings is 2. The maximum atomic E-state index is 13.1. The van der Waals surface area contributed by atoms with Crippen LogP contribution in [-0.2, 0) is 4.79 Å². The Balaban J connectivity index is 1.49. The maximum Gasteiger partial charge on any atom is 0.260 e. The first kappa shape index (κ1) is 20.0. The van der Waals surface area contributed by atoms with E-state index in [4.69, 9.17) is 21.6 Å². The van der Waals surface area contributed by atoms with Crippen molar-refractivity contribution in [1.82, 2.24) is 5.32 Å². The molecular weight excluding hydrogens is 381 g/mol. The summed E-state index contributed by atoms with van der Waals surface area (Å²) in [6.07, 6.45) is 0.894. The Morgan fingerprint density at radius 1 is 1.29 bits per heavy atom. The average Bonchev–Trinajstić information content (AvgIpc) is 2.70. The van der Waals surface area contributed by atoms with Crippen LogP contribution in [0, 0.1) is 17.1 Å². The third-order valence-electron chi connectivity index (χ3n) is 4.77. The van der Waals surface area contributed by atoms with Gasteiger partial charge in [-0.15, -0.1) is 0 Å². The first-order valence-corrected chi connectivity index (χ1v) is 9.51. The highest BCUT2D eigenvalue weighted by atomic mass is 35.5. The zero-order valence-corrected chi connectivity index (χ0v) is 16.2. The van der Waals surface area contributed by atoms with E-state index >= 15 is 0 Å². The average molecular weight is 402 g/mol. The van der Waals surface area contributed by atoms with Gasteiger partial charge in [-0.3, -0.25) is 4.79 Å². The number of ether oxygens (including phenoxy) is 1. The Bertz CT molecular complexity index is 874. The fourth-order valence-electron chi connectivity index (χ4n) is 3.16. The fraction of sp³-hybridized carbons (Fsp3) is 0.333. The van der Waals surface area contributed by atoms with E-state index in [1.807, 2.05) is 24.3 Å². The first-order chi connectivity index (χ1) is 13.5. The maximum absolute atomic E-state index is 13.1. The molecule has 1 unspecified atom stereocenters. The number of rotatable bonds is 5. The molecule has 1 heterocycles. The minimum atomic E-state index is -0.737. The Labute approximate surface area is 168 Å². The number of hydrogen-bond acceptors (Lipinski definition) is 4. The van der Waals surface area contributed by atoms with Gasteiger partial charge >= 0.3 is 0 Å². The lowest BCUT2D eigenvalue weighted by atomic mass is 10.0. The van der Waals surface area contributed by atoms with Gasteiger partial charge in [0.25, 0.3) is 5.91 Å². The summed E-state index contributed by atoms with van der Waals surface area (Å²) in [6, 6.07) is 13.5. The van der Waals surface area contributed by atoms with Crippen LogP contribution in [0.1, 0.15) is 25.3 Å². The highest BCUT2D eigenvalue weighted by Crippen LogP contribution is 2.26. The van der Waals surface area contributed by atoms with E-state index in [0.29, 0.717) is 5.56 Å². The second-order valence-electron chi connectivity index (χ2n) is 6.76. The summed E-state index contributed by atoms with van der Waals surface area (Å²) in [5, 5.41) is 12.0. The summed E-state index contributed by atoms with van der Waals surface area (Å²) in [5.41, 5.74) is 1.72. The van der Waals surface area contributed by atoms with Crippen LogP contribution >= 0.6 is 11.6 Å². The zero-order chi connectivity index (χ0) is 20.1. The van der Waals surface area contributed by atoms with Gasteiger partial charge in [-0.05, 0) is 62.2 Å². The van der Waals surface area contributed by atoms with Gasteiger partial charge < -0.3 is 15.0 Å². The molecule has 1 atom stereocenters. The Morgan fingerprint density at radius 2 is 1.96 bits per heavy atom. The standard InChI is InChI=1S/C21H21ClFN3O2/c1-14(28-20-7-4-16(23)12-19(20)22)21(27)25-17-8-10-26(11-9-17)18-5-2-15(13-24)3-6-18/h2-7,12,14,17H,8-11H2,1H3,(H,25,27). The van der Waals surface area contributed by atoms with E-state index in [1.54, 1.807) is 6.92 Å². The van der Waals surface area contributed by atoms with Crippen LogP contribution in [0.4, 0.5) is 10.1 Å². The largest absolute Gasteiger partial charge is 0.479 e. The molecule has 2 aromatic rings. The van der Waals surface area contributed by atoms with Crippen molar-refractivity contribution in [2.24, 2.45) is 0 Å². The number of halogens is 2. The summed E-state index contributed by atoms with van der Waals surface area (Å²) in [7, 11) is 0. The number of carbonyl (C=O) groups excluding carboxylic acids is 1. The SMILES string of the molecule is CC(Oc1ccc(F)cc1Cl)C(=O)NC1CCN(c2ccc(C#N)cc2)CC1. The van der Waals surface area contributed by atoms with Gasteiger partial charge in [0.15, 0.2) is 6.10 Å². The number of amides is 1. The molecule has 1 N–H and O–H groups in total. The van der Waals surface area contributed by atoms with E-state index in [1.165, 1.54) is 12.1 Å². The summed E-state index contributed by atoms with van der Waals surface area (Å²) in [4.78, 5) is 14.7. The molecule has 0 spiro atoms. The topological polar surface area (TPSA) is 65.4 Å². The number of nitrogens with zero attached hydrogens (tertiary/aromatic N) is 2. The summed E-state index contributed by atoms with van der Waals surface area (Å²) >= 11 is 5.94. The molecule has 7 heteroatoms. The van der Waals surface area contributed by atoms with Gasteiger partial charge in [0.05, 0.1) is 16.7 Å². The van der Waals surface area contributed by atoms with Gasteiger partial charge in [0.2, 0.25) is 0 Å². The molecule has 146 valence electrons. The highest BCUT2D eigenvalue weighted by Gasteiger charge is 2.24. The molecule has 1 fully saturated rings. The number of carbonyl (C=O) groups is 1. The van der Waals surface area contributed by atoms with Crippen molar-refractivity contribution in [2.45, 2.75) is 31.9 Å². The minimum Gasteiger partial charge on any atom is -0.479 e. The van der Waals surface area contributed by atoms with Crippen molar-refractivity contribution >= 4 is 23.2 Å². The molecule has 1 aliphatic rings. The van der Waals surface area contributed by atoms with Crippen LogP contribution in [0.3, 0.4) is 0 Å². The summed E-state index contributed by atoms with van der Waals surface area (Å²) < 4.78 is 18.7. The fourth-order valence-corrected chi connectivity index (χ4v) is 3.37. The first-order valence-electron chi connectivity index (χ1n) is 9.13. The predicted molar refractivity (Wildman–Crippen MR) is 106 cm³/mol. The van der Waals surface area contributed by atoms with E-state index in [-0.39, 0.29) is 22.7 Å². The molecule has 1 aliphatic heterocycles. The second-order valence-corrected chi connectivity index (χ2v) is 7.17. The Kier molecular flexibility index (Phi) is 6.37. The van der Waals surface area contributed by atoms with E-state index in [2.05, 4.69) is 16.3 Å². The van der Waals surface area contributed by atoms with Crippen molar-refractivity contribution in [3.63, 3.8) is 0 Å². The molecule has 0 bridgehead atoms. The normalized spacial score (nSPS) is 15.6. The van der Waals surface area contributed by atoms with Gasteiger partial charge in [-0.2, -0.15) is 5.26 Å². The van der Waals surface area contributed by atoms with Crippen molar-refractivity contribution in [2.75, 3.05) is 18.0 Å². The van der Waals surface area contributed by atoms with Gasteiger partial charge in [-0.1, -0.05) is 11.6 Å². The van der Waals surface area contributed by atoms with Crippen molar-refractivity contribution in [3.05, 3.63) is 58.9 Å². The predicted octanol–water partition coefficient (Wildman–Crippen LogP) is 3.90. The van der Waals surface area contributed by atoms with Crippen LogP contribution in [0.2, 0.25) is 5.02 Å². The van der Waals surface area contributed by atoms with Crippen LogP contribution in [-0.4, -0.2) is 31.1 Å². The molecular formula is C21H21ClFN3O2. The number of nitrogens with one attached hydrogen (secondary N) is 1. The smallest absolute Gasteiger partial charge is 0.260 e. The summed E-state index contributed by atoms with van der Waals surface area (Å²) in [6.45, 7) is 3.27. The van der Waals surface area contributed by atoms with Crippen LogP contribution < -0.4 is 15.0 Å². The van der Waals surface area contributed by atoms with Gasteiger partial charge in [0.1, 0.15) is 11.6 Å². The monoisotopic (exact) mass is 401 g/mol. The van der Waals surface area contributed by atoms with Gasteiger partial charge in [0, 0.05) is 24.8 Å². The van der Waals surface area contributed by atoms with Crippen LogP contribution in [0.25, 0.3) is 0 Å². The highest BCUT2D eigenvalue weighted by molar-refractivity contribution is 6.32. The molecule has 1 amide bonds. The third-order valence-corrected chi connectivity index (χ3v) is 5.07. The van der Waals surface area contributed by atoms with E-state index < -0.39 is 11.9 Å². The lowest BCUT2D eigenvalue weighted by Gasteiger charge is -2.34. The number of nitriles is 1. The van der Waals surface area contributed by atoms with Crippen molar-refractivity contribution in [1.29, 1.82) is 5.26 Å². The molecule has 1 saturated heterocycles. The molecule has 2 aromatic carbocycles. The second kappa shape index (κ2) is 8.94. The van der Waals surface area contributed by atoms with E-state index in [0.717, 1.165) is 37.7 Å². The lowest BCUT2D eigenvalue weighted by Crippen LogP contribution is -2.48. The number of hydrogen-bond donors (Lipinski definition) is 1. The molecule has 0 aliphatic carbocycles. The zero-order valence-electron chi connectivity index (χ0n) is 15.5. The molecule has 5 nitrogen and oxygen atoms in total. The molecule has 28 heavy (non-hydrogen) atoms. The molecule has 0 radical (unpaired) electrons. The Hall–Kier alpha value is -2.78. The third kappa shape index (κ3) is 4.93. The van der Waals surface area contributed by atoms with Crippen LogP contribution in [0.15, 0.2) is 42.5 Å². The molecule has 0 aromatic heterocycles. The van der Waals surface area contributed by atoms with Gasteiger partial charge in [-0.25, -0.2) is 4.39 Å². The quantitative estimate of drug-likeness (QED) is 0.825. The lowest BCUT2D eigenvalue weighted by molar-refractivity contribution is -0.128. The molecule has 0 saturated carbocycles. The van der Waals surface area contributed by atoms with Crippen LogP contribution in [0.5, 0.6) is 5.75 Å². The van der Waals surface area contributed by atoms with Crippen molar-refractivity contribution in [3.8, 4) is 11.8 Å².